The lowest BCUT2D eigenvalue weighted by Crippen LogP contribution is -2.44. The Morgan fingerprint density at radius 3 is 2.68 bits per heavy atom. The van der Waals surface area contributed by atoms with Crippen LogP contribution >= 0.6 is 0 Å². The molecule has 2 atom stereocenters. The summed E-state index contributed by atoms with van der Waals surface area (Å²) in [5.41, 5.74) is 7.37. The minimum absolute atomic E-state index is 0.0537. The Morgan fingerprint density at radius 2 is 2.11 bits per heavy atom. The zero-order valence-corrected chi connectivity index (χ0v) is 11.4. The molecule has 1 aromatic carbocycles. The van der Waals surface area contributed by atoms with Crippen molar-refractivity contribution >= 4 is 5.91 Å². The Labute approximate surface area is 114 Å². The molecule has 1 fully saturated rings. The topological polar surface area (TPSA) is 66.6 Å². The van der Waals surface area contributed by atoms with Gasteiger partial charge in [0.25, 0.3) is 5.91 Å². The summed E-state index contributed by atoms with van der Waals surface area (Å²) < 4.78 is 0. The highest BCUT2D eigenvalue weighted by Gasteiger charge is 2.27. The zero-order chi connectivity index (χ0) is 13.8. The van der Waals surface area contributed by atoms with Crippen molar-refractivity contribution < 1.29 is 9.90 Å². The second-order valence-corrected chi connectivity index (χ2v) is 5.32. The molecule has 104 valence electrons. The van der Waals surface area contributed by atoms with E-state index < -0.39 is 0 Å². The SMILES string of the molecule is CC1CN(C(=O)c2ccc(CCN)cc2)CCC1O. The van der Waals surface area contributed by atoms with Crippen molar-refractivity contribution in [1.82, 2.24) is 4.90 Å². The van der Waals surface area contributed by atoms with Gasteiger partial charge in [-0.25, -0.2) is 0 Å². The van der Waals surface area contributed by atoms with Gasteiger partial charge in [-0.2, -0.15) is 0 Å². The Balaban J connectivity index is 2.03. The summed E-state index contributed by atoms with van der Waals surface area (Å²) in [6, 6.07) is 7.65. The molecule has 0 saturated carbocycles. The van der Waals surface area contributed by atoms with Crippen molar-refractivity contribution in [1.29, 1.82) is 0 Å². The van der Waals surface area contributed by atoms with Gasteiger partial charge in [0, 0.05) is 18.7 Å². The molecule has 1 saturated heterocycles. The highest BCUT2D eigenvalue weighted by atomic mass is 16.3. The zero-order valence-electron chi connectivity index (χ0n) is 11.4. The molecule has 19 heavy (non-hydrogen) atoms. The highest BCUT2D eigenvalue weighted by molar-refractivity contribution is 5.94. The number of likely N-dealkylation sites (tertiary alicyclic amines) is 1. The maximum atomic E-state index is 12.3. The van der Waals surface area contributed by atoms with Crippen LogP contribution in [0.15, 0.2) is 24.3 Å². The first-order chi connectivity index (χ1) is 9.11. The maximum Gasteiger partial charge on any atom is 0.253 e. The van der Waals surface area contributed by atoms with Gasteiger partial charge in [0.2, 0.25) is 0 Å². The van der Waals surface area contributed by atoms with Gasteiger partial charge in [0.05, 0.1) is 6.10 Å². The van der Waals surface area contributed by atoms with Crippen LogP contribution in [0.3, 0.4) is 0 Å². The average Bonchev–Trinajstić information content (AvgIpc) is 2.42. The van der Waals surface area contributed by atoms with E-state index in [1.807, 2.05) is 36.1 Å². The van der Waals surface area contributed by atoms with Crippen molar-refractivity contribution in [2.75, 3.05) is 19.6 Å². The van der Waals surface area contributed by atoms with Gasteiger partial charge in [-0.3, -0.25) is 4.79 Å². The molecule has 2 rings (SSSR count). The lowest BCUT2D eigenvalue weighted by molar-refractivity contribution is 0.0297. The number of aliphatic hydroxyl groups is 1. The van der Waals surface area contributed by atoms with Crippen molar-refractivity contribution in [3.63, 3.8) is 0 Å². The van der Waals surface area contributed by atoms with Crippen LogP contribution in [0.1, 0.15) is 29.3 Å². The fourth-order valence-corrected chi connectivity index (χ4v) is 2.48. The predicted octanol–water partition coefficient (Wildman–Crippen LogP) is 1.03. The number of amides is 1. The summed E-state index contributed by atoms with van der Waals surface area (Å²) >= 11 is 0. The molecule has 2 unspecified atom stereocenters. The van der Waals surface area contributed by atoms with E-state index in [2.05, 4.69) is 0 Å². The van der Waals surface area contributed by atoms with Crippen molar-refractivity contribution in [2.45, 2.75) is 25.9 Å². The van der Waals surface area contributed by atoms with E-state index in [-0.39, 0.29) is 17.9 Å². The standard InChI is InChI=1S/C15H22N2O2/c1-11-10-17(9-7-14(11)18)15(19)13-4-2-12(3-5-13)6-8-16/h2-5,11,14,18H,6-10,16H2,1H3. The van der Waals surface area contributed by atoms with Gasteiger partial charge in [0.1, 0.15) is 0 Å². The summed E-state index contributed by atoms with van der Waals surface area (Å²) in [6.45, 7) is 3.86. The van der Waals surface area contributed by atoms with Crippen LogP contribution in [0.5, 0.6) is 0 Å². The normalized spacial score (nSPS) is 23.4. The van der Waals surface area contributed by atoms with Crippen LogP contribution < -0.4 is 5.73 Å². The largest absolute Gasteiger partial charge is 0.393 e. The number of nitrogens with two attached hydrogens (primary N) is 1. The molecule has 0 bridgehead atoms. The maximum absolute atomic E-state index is 12.3. The van der Waals surface area contributed by atoms with E-state index in [0.29, 0.717) is 31.6 Å². The van der Waals surface area contributed by atoms with Gasteiger partial charge in [0.15, 0.2) is 0 Å². The molecule has 0 aliphatic carbocycles. The fraction of sp³-hybridized carbons (Fsp3) is 0.533. The van der Waals surface area contributed by atoms with Crippen LogP contribution in [0.25, 0.3) is 0 Å². The summed E-state index contributed by atoms with van der Waals surface area (Å²) in [4.78, 5) is 14.2. The number of benzene rings is 1. The molecule has 1 aliphatic heterocycles. The molecule has 4 heteroatoms. The van der Waals surface area contributed by atoms with E-state index in [4.69, 9.17) is 5.73 Å². The third-order valence-electron chi connectivity index (χ3n) is 3.78. The molecule has 1 aromatic rings. The molecule has 1 aliphatic rings. The second kappa shape index (κ2) is 6.17. The Hall–Kier alpha value is -1.39. The quantitative estimate of drug-likeness (QED) is 0.855. The van der Waals surface area contributed by atoms with Gasteiger partial charge < -0.3 is 15.7 Å². The minimum Gasteiger partial charge on any atom is -0.393 e. The molecule has 0 spiro atoms. The van der Waals surface area contributed by atoms with Crippen LogP contribution in [0.2, 0.25) is 0 Å². The predicted molar refractivity (Wildman–Crippen MR) is 74.9 cm³/mol. The van der Waals surface area contributed by atoms with E-state index in [1.54, 1.807) is 0 Å². The Kier molecular flexibility index (Phi) is 4.56. The molecule has 4 nitrogen and oxygen atoms in total. The van der Waals surface area contributed by atoms with Crippen LogP contribution in [-0.2, 0) is 6.42 Å². The third-order valence-corrected chi connectivity index (χ3v) is 3.78. The van der Waals surface area contributed by atoms with Crippen LogP contribution in [0.4, 0.5) is 0 Å². The summed E-state index contributed by atoms with van der Waals surface area (Å²) in [7, 11) is 0. The number of hydrogen-bond acceptors (Lipinski definition) is 3. The third kappa shape index (κ3) is 3.33. The lowest BCUT2D eigenvalue weighted by Gasteiger charge is -2.34. The first kappa shape index (κ1) is 14.0. The lowest BCUT2D eigenvalue weighted by atomic mass is 9.96. The Morgan fingerprint density at radius 1 is 1.42 bits per heavy atom. The monoisotopic (exact) mass is 262 g/mol. The smallest absolute Gasteiger partial charge is 0.253 e. The minimum atomic E-state index is -0.281. The number of hydrogen-bond donors (Lipinski definition) is 2. The highest BCUT2D eigenvalue weighted by Crippen LogP contribution is 2.19. The summed E-state index contributed by atoms with van der Waals surface area (Å²) in [5.74, 6) is 0.201. The number of piperidine rings is 1. The van der Waals surface area contributed by atoms with Gasteiger partial charge in [-0.15, -0.1) is 0 Å². The number of rotatable bonds is 3. The number of carbonyl (C=O) groups is 1. The van der Waals surface area contributed by atoms with Crippen LogP contribution in [0, 0.1) is 5.92 Å². The number of nitrogens with zero attached hydrogens (tertiary/aromatic N) is 1. The second-order valence-electron chi connectivity index (χ2n) is 5.32. The number of aliphatic hydroxyl groups excluding tert-OH is 1. The summed E-state index contributed by atoms with van der Waals surface area (Å²) in [6.07, 6.45) is 1.22. The molecule has 1 heterocycles. The van der Waals surface area contributed by atoms with Crippen LogP contribution in [-0.4, -0.2) is 41.7 Å². The molecule has 1 amide bonds. The van der Waals surface area contributed by atoms with Gasteiger partial charge in [-0.1, -0.05) is 19.1 Å². The van der Waals surface area contributed by atoms with Crippen molar-refractivity contribution in [3.8, 4) is 0 Å². The van der Waals surface area contributed by atoms with E-state index in [1.165, 1.54) is 0 Å². The molecule has 3 N–H and O–H groups in total. The number of carbonyl (C=O) groups excluding carboxylic acids is 1. The van der Waals surface area contributed by atoms with E-state index in [0.717, 1.165) is 12.0 Å². The van der Waals surface area contributed by atoms with Crippen molar-refractivity contribution in [3.05, 3.63) is 35.4 Å². The fourth-order valence-electron chi connectivity index (χ4n) is 2.48. The van der Waals surface area contributed by atoms with E-state index in [9.17, 15) is 9.90 Å². The summed E-state index contributed by atoms with van der Waals surface area (Å²) in [5, 5.41) is 9.69. The first-order valence-electron chi connectivity index (χ1n) is 6.88. The average molecular weight is 262 g/mol. The van der Waals surface area contributed by atoms with E-state index >= 15 is 0 Å². The van der Waals surface area contributed by atoms with Crippen molar-refractivity contribution in [2.24, 2.45) is 11.7 Å². The molecule has 0 radical (unpaired) electrons. The Bertz CT molecular complexity index is 430. The van der Waals surface area contributed by atoms with Gasteiger partial charge >= 0.3 is 0 Å². The molecular weight excluding hydrogens is 240 g/mol. The first-order valence-corrected chi connectivity index (χ1v) is 6.88. The molecular formula is C15H22N2O2. The van der Waals surface area contributed by atoms with Gasteiger partial charge in [-0.05, 0) is 43.0 Å². The molecule has 0 aromatic heterocycles.